The molecule has 0 aliphatic carbocycles. The largest absolute Gasteiger partial charge is 0.497 e. The van der Waals surface area contributed by atoms with Gasteiger partial charge in [0.15, 0.2) is 0 Å². The van der Waals surface area contributed by atoms with Gasteiger partial charge in [0.1, 0.15) is 11.6 Å². The standard InChI is InChI=1S/C18H20Cl2N4O/c1-13(22-18-12-15(25-2)5-6-21-18)23-7-9-24(10-8-23)17-4-3-14(19)11-16(17)20/h3-6,11-12H,1,7-10H2,2H3,(H,21,22). The molecule has 5 nitrogen and oxygen atoms in total. The second-order valence-electron chi connectivity index (χ2n) is 5.72. The topological polar surface area (TPSA) is 40.6 Å². The van der Waals surface area contributed by atoms with Crippen LogP contribution >= 0.6 is 23.2 Å². The van der Waals surface area contributed by atoms with Crippen LogP contribution in [0.3, 0.4) is 0 Å². The van der Waals surface area contributed by atoms with E-state index in [1.165, 1.54) is 0 Å². The molecule has 0 saturated carbocycles. The van der Waals surface area contributed by atoms with Gasteiger partial charge in [0, 0.05) is 43.5 Å². The van der Waals surface area contributed by atoms with Crippen molar-refractivity contribution in [1.29, 1.82) is 0 Å². The second kappa shape index (κ2) is 7.85. The predicted molar refractivity (Wildman–Crippen MR) is 104 cm³/mol. The molecule has 0 amide bonds. The van der Waals surface area contributed by atoms with Crippen molar-refractivity contribution < 1.29 is 4.74 Å². The Bertz CT molecular complexity index is 760. The van der Waals surface area contributed by atoms with Crippen LogP contribution in [-0.2, 0) is 0 Å². The zero-order valence-electron chi connectivity index (χ0n) is 14.0. The molecule has 0 spiro atoms. The predicted octanol–water partition coefficient (Wildman–Crippen LogP) is 4.10. The SMILES string of the molecule is C=C(Nc1cc(OC)ccn1)N1CCN(c2ccc(Cl)cc2Cl)CC1. The van der Waals surface area contributed by atoms with E-state index < -0.39 is 0 Å². The average molecular weight is 379 g/mol. The quantitative estimate of drug-likeness (QED) is 0.847. The summed E-state index contributed by atoms with van der Waals surface area (Å²) in [6.45, 7) is 7.52. The molecule has 132 valence electrons. The fourth-order valence-electron chi connectivity index (χ4n) is 2.79. The number of benzene rings is 1. The van der Waals surface area contributed by atoms with Crippen molar-refractivity contribution in [1.82, 2.24) is 9.88 Å². The number of anilines is 2. The van der Waals surface area contributed by atoms with E-state index >= 15 is 0 Å². The van der Waals surface area contributed by atoms with Gasteiger partial charge in [-0.1, -0.05) is 29.8 Å². The maximum Gasteiger partial charge on any atom is 0.135 e. The summed E-state index contributed by atoms with van der Waals surface area (Å²) in [6, 6.07) is 9.26. The maximum atomic E-state index is 6.31. The third-order valence-corrected chi connectivity index (χ3v) is 4.69. The van der Waals surface area contributed by atoms with Gasteiger partial charge < -0.3 is 19.9 Å². The van der Waals surface area contributed by atoms with Crippen LogP contribution in [0.25, 0.3) is 0 Å². The molecule has 3 rings (SSSR count). The van der Waals surface area contributed by atoms with Crippen molar-refractivity contribution in [2.45, 2.75) is 0 Å². The van der Waals surface area contributed by atoms with Gasteiger partial charge in [-0.3, -0.25) is 0 Å². The number of ether oxygens (including phenoxy) is 1. The van der Waals surface area contributed by atoms with Crippen LogP contribution in [0, 0.1) is 0 Å². The lowest BCUT2D eigenvalue weighted by molar-refractivity contribution is 0.325. The van der Waals surface area contributed by atoms with Crippen molar-refractivity contribution >= 4 is 34.7 Å². The first-order valence-electron chi connectivity index (χ1n) is 7.98. The summed E-state index contributed by atoms with van der Waals surface area (Å²) < 4.78 is 5.21. The van der Waals surface area contributed by atoms with E-state index in [4.69, 9.17) is 27.9 Å². The molecule has 0 unspecified atom stereocenters. The van der Waals surface area contributed by atoms with Crippen molar-refractivity contribution in [3.05, 3.63) is 59.0 Å². The molecule has 1 saturated heterocycles. The van der Waals surface area contributed by atoms with Crippen LogP contribution in [0.1, 0.15) is 0 Å². The Hall–Kier alpha value is -2.11. The fourth-order valence-corrected chi connectivity index (χ4v) is 3.32. The Balaban J connectivity index is 1.58. The molecule has 1 aromatic carbocycles. The van der Waals surface area contributed by atoms with Crippen LogP contribution in [-0.4, -0.2) is 43.2 Å². The average Bonchev–Trinajstić information content (AvgIpc) is 2.62. The van der Waals surface area contributed by atoms with Crippen LogP contribution < -0.4 is 15.0 Å². The third-order valence-electron chi connectivity index (χ3n) is 4.15. The van der Waals surface area contributed by atoms with Gasteiger partial charge in [-0.25, -0.2) is 4.98 Å². The first-order chi connectivity index (χ1) is 12.1. The highest BCUT2D eigenvalue weighted by molar-refractivity contribution is 6.36. The first kappa shape index (κ1) is 17.7. The fraction of sp³-hybridized carbons (Fsp3) is 0.278. The normalized spacial score (nSPS) is 14.4. The minimum atomic E-state index is 0.649. The van der Waals surface area contributed by atoms with Gasteiger partial charge in [0.05, 0.1) is 23.6 Å². The number of rotatable bonds is 5. The molecule has 1 aliphatic rings. The van der Waals surface area contributed by atoms with E-state index in [-0.39, 0.29) is 0 Å². The monoisotopic (exact) mass is 378 g/mol. The van der Waals surface area contributed by atoms with E-state index in [0.29, 0.717) is 15.9 Å². The Kier molecular flexibility index (Phi) is 5.56. The van der Waals surface area contributed by atoms with Crippen LogP contribution in [0.15, 0.2) is 48.9 Å². The van der Waals surface area contributed by atoms with E-state index in [0.717, 1.165) is 43.4 Å². The molecular formula is C18H20Cl2N4O. The molecule has 0 radical (unpaired) electrons. The van der Waals surface area contributed by atoms with Crippen molar-refractivity contribution in [3.63, 3.8) is 0 Å². The lowest BCUT2D eigenvalue weighted by Crippen LogP contribution is -2.46. The molecule has 1 aromatic heterocycles. The van der Waals surface area contributed by atoms with Crippen molar-refractivity contribution in [3.8, 4) is 5.75 Å². The molecule has 1 fully saturated rings. The number of halogens is 2. The lowest BCUT2D eigenvalue weighted by atomic mass is 10.2. The Morgan fingerprint density at radius 1 is 1.16 bits per heavy atom. The summed E-state index contributed by atoms with van der Waals surface area (Å²) in [7, 11) is 1.63. The number of piperazine rings is 1. The van der Waals surface area contributed by atoms with Gasteiger partial charge in [-0.2, -0.15) is 0 Å². The molecule has 2 aromatic rings. The summed E-state index contributed by atoms with van der Waals surface area (Å²) in [5, 5.41) is 4.57. The summed E-state index contributed by atoms with van der Waals surface area (Å²) in [5.74, 6) is 2.29. The Morgan fingerprint density at radius 2 is 1.92 bits per heavy atom. The number of hydrogen-bond donors (Lipinski definition) is 1. The minimum absolute atomic E-state index is 0.649. The summed E-state index contributed by atoms with van der Waals surface area (Å²) in [5.41, 5.74) is 1.01. The van der Waals surface area contributed by atoms with Crippen molar-refractivity contribution in [2.24, 2.45) is 0 Å². The molecule has 1 N–H and O–H groups in total. The minimum Gasteiger partial charge on any atom is -0.497 e. The van der Waals surface area contributed by atoms with Gasteiger partial charge in [0.25, 0.3) is 0 Å². The van der Waals surface area contributed by atoms with Crippen LogP contribution in [0.5, 0.6) is 5.75 Å². The maximum absolute atomic E-state index is 6.31. The number of hydrogen-bond acceptors (Lipinski definition) is 5. The van der Waals surface area contributed by atoms with Gasteiger partial charge >= 0.3 is 0 Å². The lowest BCUT2D eigenvalue weighted by Gasteiger charge is -2.38. The first-order valence-corrected chi connectivity index (χ1v) is 8.73. The van der Waals surface area contributed by atoms with Crippen LogP contribution in [0.2, 0.25) is 10.0 Å². The zero-order chi connectivity index (χ0) is 17.8. The van der Waals surface area contributed by atoms with Crippen LogP contribution in [0.4, 0.5) is 11.5 Å². The highest BCUT2D eigenvalue weighted by Crippen LogP contribution is 2.29. The summed E-state index contributed by atoms with van der Waals surface area (Å²) >= 11 is 12.3. The smallest absolute Gasteiger partial charge is 0.135 e. The number of pyridine rings is 1. The highest BCUT2D eigenvalue weighted by Gasteiger charge is 2.20. The third kappa shape index (κ3) is 4.30. The number of aromatic nitrogens is 1. The molecule has 0 bridgehead atoms. The second-order valence-corrected chi connectivity index (χ2v) is 6.57. The van der Waals surface area contributed by atoms with Gasteiger partial charge in [0.2, 0.25) is 0 Å². The van der Waals surface area contributed by atoms with E-state index in [9.17, 15) is 0 Å². The van der Waals surface area contributed by atoms with E-state index in [2.05, 4.69) is 26.7 Å². The van der Waals surface area contributed by atoms with Gasteiger partial charge in [-0.05, 0) is 24.3 Å². The van der Waals surface area contributed by atoms with E-state index in [1.54, 1.807) is 19.4 Å². The zero-order valence-corrected chi connectivity index (χ0v) is 15.5. The number of methoxy groups -OCH3 is 1. The summed E-state index contributed by atoms with van der Waals surface area (Å²) in [6.07, 6.45) is 1.70. The number of nitrogens with zero attached hydrogens (tertiary/aromatic N) is 3. The Morgan fingerprint density at radius 3 is 2.60 bits per heavy atom. The molecule has 2 heterocycles. The molecule has 25 heavy (non-hydrogen) atoms. The van der Waals surface area contributed by atoms with E-state index in [1.807, 2.05) is 24.3 Å². The molecule has 0 atom stereocenters. The van der Waals surface area contributed by atoms with Crippen molar-refractivity contribution in [2.75, 3.05) is 43.5 Å². The molecular weight excluding hydrogens is 359 g/mol. The Labute approximate surface area is 157 Å². The summed E-state index contributed by atoms with van der Waals surface area (Å²) in [4.78, 5) is 8.74. The molecule has 7 heteroatoms. The number of nitrogens with one attached hydrogen (secondary N) is 1. The molecule has 1 aliphatic heterocycles. The van der Waals surface area contributed by atoms with Gasteiger partial charge in [-0.15, -0.1) is 0 Å². The highest BCUT2D eigenvalue weighted by atomic mass is 35.5.